The standard InChI is InChI=1S/C29H30N6O7S/c1-19(18-43-28(38)20-7-5-4-6-8-20)26(36)30-25-17-34(31-42-25)33-13-11-32(12-14-33)27(37)23-16-29(2,3)41-24-10-9-21(35(39)40)15-22(23)24/h4-10,15-17,19H,11-14,18H2,1-3H3/t19-/m1/s1. The summed E-state index contributed by atoms with van der Waals surface area (Å²) in [6.07, 6.45) is 3.19. The van der Waals surface area contributed by atoms with Gasteiger partial charge in [0.1, 0.15) is 17.2 Å². The maximum Gasteiger partial charge on any atom is 0.270 e. The van der Waals surface area contributed by atoms with Gasteiger partial charge in [-0.15, -0.1) is 5.01 Å². The number of ether oxygens (including phenoxy) is 1. The van der Waals surface area contributed by atoms with Crippen LogP contribution in [0.2, 0.25) is 0 Å². The number of nitro benzene ring substituents is 1. The van der Waals surface area contributed by atoms with E-state index in [9.17, 15) is 24.5 Å². The van der Waals surface area contributed by atoms with Gasteiger partial charge >= 0.3 is 0 Å². The summed E-state index contributed by atoms with van der Waals surface area (Å²) in [6, 6.07) is 13.1. The Morgan fingerprint density at radius 1 is 1.14 bits per heavy atom. The van der Waals surface area contributed by atoms with Gasteiger partial charge in [0.25, 0.3) is 17.8 Å². The number of carbonyl (C=O) groups excluding carboxylic acids is 3. The Hall–Kier alpha value is -4.72. The molecule has 0 saturated carbocycles. The zero-order chi connectivity index (χ0) is 30.7. The van der Waals surface area contributed by atoms with Gasteiger partial charge in [-0.05, 0) is 26.0 Å². The number of benzene rings is 2. The third-order valence-corrected chi connectivity index (χ3v) is 8.12. The van der Waals surface area contributed by atoms with Gasteiger partial charge in [0.05, 0.1) is 34.3 Å². The normalized spacial score (nSPS) is 16.4. The Bertz CT molecular complexity index is 1580. The van der Waals surface area contributed by atoms with Crippen LogP contribution < -0.4 is 14.5 Å². The van der Waals surface area contributed by atoms with E-state index in [0.717, 1.165) is 11.8 Å². The number of hydrogen-bond acceptors (Lipinski definition) is 10. The Morgan fingerprint density at radius 3 is 2.56 bits per heavy atom. The van der Waals surface area contributed by atoms with Crippen LogP contribution in [-0.2, 0) is 9.59 Å². The minimum absolute atomic E-state index is 0.0301. The lowest BCUT2D eigenvalue weighted by molar-refractivity contribution is -0.759. The molecule has 2 aromatic carbocycles. The fourth-order valence-electron chi connectivity index (χ4n) is 4.68. The number of amides is 2. The van der Waals surface area contributed by atoms with Crippen molar-refractivity contribution in [2.24, 2.45) is 5.92 Å². The predicted octanol–water partition coefficient (Wildman–Crippen LogP) is 3.65. The maximum absolute atomic E-state index is 13.6. The lowest BCUT2D eigenvalue weighted by Gasteiger charge is -2.34. The molecule has 13 nitrogen and oxygen atoms in total. The van der Waals surface area contributed by atoms with Gasteiger partial charge in [0.2, 0.25) is 10.4 Å². The molecule has 3 heterocycles. The number of aromatic nitrogens is 2. The molecule has 2 aliphatic heterocycles. The minimum atomic E-state index is -0.766. The lowest BCUT2D eigenvalue weighted by Crippen LogP contribution is -2.66. The number of rotatable bonds is 8. The molecule has 1 saturated heterocycles. The van der Waals surface area contributed by atoms with Gasteiger partial charge in [-0.25, -0.2) is 0 Å². The van der Waals surface area contributed by atoms with Crippen LogP contribution >= 0.6 is 11.8 Å². The van der Waals surface area contributed by atoms with E-state index in [1.54, 1.807) is 42.2 Å². The van der Waals surface area contributed by atoms with Crippen LogP contribution in [0.25, 0.3) is 10.9 Å². The van der Waals surface area contributed by atoms with Crippen LogP contribution in [0.3, 0.4) is 0 Å². The molecule has 0 unspecified atom stereocenters. The van der Waals surface area contributed by atoms with Gasteiger partial charge in [-0.3, -0.25) is 19.7 Å². The molecule has 5 rings (SSSR count). The first-order valence-electron chi connectivity index (χ1n) is 13.6. The maximum atomic E-state index is 13.6. The molecule has 0 spiro atoms. The Kier molecular flexibility index (Phi) is 8.48. The molecule has 0 radical (unpaired) electrons. The van der Waals surface area contributed by atoms with Gasteiger partial charge in [0, 0.05) is 48.0 Å². The van der Waals surface area contributed by atoms with Crippen LogP contribution in [0, 0.1) is 16.0 Å². The van der Waals surface area contributed by atoms with Crippen molar-refractivity contribution < 1.29 is 33.4 Å². The van der Waals surface area contributed by atoms with E-state index < -0.39 is 22.3 Å². The fourth-order valence-corrected chi connectivity index (χ4v) is 5.53. The van der Waals surface area contributed by atoms with Gasteiger partial charge in [0.15, 0.2) is 0 Å². The summed E-state index contributed by atoms with van der Waals surface area (Å²) in [7, 11) is 0. The topological polar surface area (TPSA) is 154 Å². The number of piperazine rings is 1. The van der Waals surface area contributed by atoms with Gasteiger partial charge in [-0.1, -0.05) is 49.0 Å². The summed E-state index contributed by atoms with van der Waals surface area (Å²) < 4.78 is 11.2. The zero-order valence-electron chi connectivity index (χ0n) is 23.8. The highest BCUT2D eigenvalue weighted by Crippen LogP contribution is 2.39. The average Bonchev–Trinajstić information content (AvgIpc) is 3.47. The van der Waals surface area contributed by atoms with Crippen LogP contribution in [0.1, 0.15) is 36.7 Å². The quantitative estimate of drug-likeness (QED) is 0.211. The molecule has 14 heteroatoms. The number of non-ortho nitro benzene ring substituents is 1. The van der Waals surface area contributed by atoms with Gasteiger partial charge < -0.3 is 24.3 Å². The molecule has 2 amide bonds. The summed E-state index contributed by atoms with van der Waals surface area (Å²) in [5, 5.41) is 21.1. The molecule has 1 atom stereocenters. The second-order valence-corrected chi connectivity index (χ2v) is 11.7. The van der Waals surface area contributed by atoms with Crippen molar-refractivity contribution in [3.63, 3.8) is 0 Å². The van der Waals surface area contributed by atoms with E-state index in [1.807, 2.05) is 24.9 Å². The SMILES string of the molecule is C[C@H](CSC(=O)c1ccccc1)C(=O)[N-]c1c[n+](N2CCN(C(=O)C3=CC(C)(C)Oc4ccc([N+](=O)[O-])cc43)CC2)no1. The summed E-state index contributed by atoms with van der Waals surface area (Å²) in [5.74, 6) is -0.469. The zero-order valence-corrected chi connectivity index (χ0v) is 24.7. The highest BCUT2D eigenvalue weighted by atomic mass is 32.2. The molecule has 224 valence electrons. The van der Waals surface area contributed by atoms with E-state index >= 15 is 0 Å². The molecule has 1 fully saturated rings. The minimum Gasteiger partial charge on any atom is -0.588 e. The van der Waals surface area contributed by atoms with Crippen molar-refractivity contribution in [3.05, 3.63) is 87.4 Å². The van der Waals surface area contributed by atoms with Crippen molar-refractivity contribution in [1.82, 2.24) is 10.2 Å². The number of nitro groups is 1. The van der Waals surface area contributed by atoms with E-state index in [2.05, 4.69) is 10.6 Å². The third-order valence-electron chi connectivity index (χ3n) is 6.95. The Balaban J connectivity index is 1.16. The van der Waals surface area contributed by atoms with E-state index in [-0.39, 0.29) is 28.3 Å². The first-order chi connectivity index (χ1) is 20.5. The van der Waals surface area contributed by atoms with E-state index in [4.69, 9.17) is 9.26 Å². The van der Waals surface area contributed by atoms with Crippen LogP contribution in [0.5, 0.6) is 5.75 Å². The molecule has 0 bridgehead atoms. The number of thioether (sulfide) groups is 1. The van der Waals surface area contributed by atoms with Crippen molar-refractivity contribution in [1.29, 1.82) is 0 Å². The molecule has 0 aliphatic carbocycles. The van der Waals surface area contributed by atoms with E-state index in [1.165, 1.54) is 29.2 Å². The van der Waals surface area contributed by atoms with Crippen molar-refractivity contribution in [2.45, 2.75) is 26.4 Å². The second kappa shape index (κ2) is 12.3. The predicted molar refractivity (Wildman–Crippen MR) is 157 cm³/mol. The van der Waals surface area contributed by atoms with Crippen LogP contribution in [-0.4, -0.2) is 69.6 Å². The molecule has 3 aromatic rings. The Labute approximate surface area is 251 Å². The molecule has 0 N–H and O–H groups in total. The molecular formula is C29H30N6O7S. The largest absolute Gasteiger partial charge is 0.588 e. The molecular weight excluding hydrogens is 576 g/mol. The van der Waals surface area contributed by atoms with Crippen molar-refractivity contribution in [3.8, 4) is 5.75 Å². The highest BCUT2D eigenvalue weighted by Gasteiger charge is 2.35. The Morgan fingerprint density at radius 2 is 1.86 bits per heavy atom. The number of carbonyl (C=O) groups is 3. The summed E-state index contributed by atoms with van der Waals surface area (Å²) in [4.78, 5) is 52.5. The van der Waals surface area contributed by atoms with Crippen molar-refractivity contribution >= 4 is 45.8 Å². The third kappa shape index (κ3) is 6.85. The second-order valence-electron chi connectivity index (χ2n) is 10.7. The molecule has 43 heavy (non-hydrogen) atoms. The summed E-state index contributed by atoms with van der Waals surface area (Å²) in [6.45, 7) is 6.89. The lowest BCUT2D eigenvalue weighted by atomic mass is 9.93. The monoisotopic (exact) mass is 606 g/mol. The number of nitrogens with zero attached hydrogens (tertiary/aromatic N) is 6. The molecule has 2 aliphatic rings. The van der Waals surface area contributed by atoms with Gasteiger partial charge in [-0.2, -0.15) is 0 Å². The average molecular weight is 607 g/mol. The first-order valence-corrected chi connectivity index (χ1v) is 14.6. The number of hydrogen-bond donors (Lipinski definition) is 0. The summed E-state index contributed by atoms with van der Waals surface area (Å²) >= 11 is 1.06. The number of fused-ring (bicyclic) bond motifs is 1. The van der Waals surface area contributed by atoms with Crippen molar-refractivity contribution in [2.75, 3.05) is 36.9 Å². The molecule has 1 aromatic heterocycles. The first kappa shape index (κ1) is 29.8. The van der Waals surface area contributed by atoms with E-state index in [0.29, 0.717) is 48.6 Å². The van der Waals surface area contributed by atoms with Crippen LogP contribution in [0.15, 0.2) is 65.3 Å². The fraction of sp³-hybridized carbons (Fsp3) is 0.345. The van der Waals surface area contributed by atoms with Crippen LogP contribution in [0.4, 0.5) is 11.6 Å². The highest BCUT2D eigenvalue weighted by molar-refractivity contribution is 8.14. The smallest absolute Gasteiger partial charge is 0.270 e. The summed E-state index contributed by atoms with van der Waals surface area (Å²) in [5.41, 5.74) is 0.428.